The molecule has 0 spiro atoms. The number of carboxylic acid groups (broad SMARTS) is 1. The predicted molar refractivity (Wildman–Crippen MR) is 103 cm³/mol. The summed E-state index contributed by atoms with van der Waals surface area (Å²) in [7, 11) is 5.06. The van der Waals surface area contributed by atoms with Crippen LogP contribution in [0.4, 0.5) is 0 Å². The van der Waals surface area contributed by atoms with Crippen LogP contribution in [-0.2, 0) is 4.79 Å². The maximum Gasteiger partial charge on any atom is 0.317 e. The highest BCUT2D eigenvalue weighted by molar-refractivity contribution is 5.68. The largest absolute Gasteiger partial charge is 0.633 e. The smallest absolute Gasteiger partial charge is 0.317 e. The van der Waals surface area contributed by atoms with Crippen LogP contribution in [0.25, 0.3) is 0 Å². The van der Waals surface area contributed by atoms with Gasteiger partial charge in [-0.2, -0.15) is 0 Å². The standard InChI is InChI=1S/C16H35NO.C3H7NO2/c1-4-5-6-7-8-9-10-11-12-13-14-15-16-17(2,3)18;1-4-2-3(5)6/h4-16H2,1-3H3;4H,2H2,1H3,(H,5,6). The highest BCUT2D eigenvalue weighted by Crippen LogP contribution is 2.12. The summed E-state index contributed by atoms with van der Waals surface area (Å²) >= 11 is 0. The first-order chi connectivity index (χ1) is 11.3. The molecule has 0 aromatic carbocycles. The molecule has 0 fully saturated rings. The summed E-state index contributed by atoms with van der Waals surface area (Å²) in [6.45, 7) is 3.09. The van der Waals surface area contributed by atoms with Crippen LogP contribution in [0.2, 0.25) is 0 Å². The first-order valence-electron chi connectivity index (χ1n) is 9.74. The van der Waals surface area contributed by atoms with Gasteiger partial charge in [0, 0.05) is 0 Å². The van der Waals surface area contributed by atoms with Crippen LogP contribution in [-0.4, -0.2) is 50.0 Å². The first-order valence-corrected chi connectivity index (χ1v) is 9.74. The molecule has 24 heavy (non-hydrogen) atoms. The fourth-order valence-corrected chi connectivity index (χ4v) is 2.48. The van der Waals surface area contributed by atoms with Crippen LogP contribution in [0.15, 0.2) is 0 Å². The van der Waals surface area contributed by atoms with Crippen LogP contribution >= 0.6 is 0 Å². The summed E-state index contributed by atoms with van der Waals surface area (Å²) in [6, 6.07) is 0. The number of carboxylic acids is 1. The lowest BCUT2D eigenvalue weighted by Crippen LogP contribution is -2.32. The summed E-state index contributed by atoms with van der Waals surface area (Å²) in [5.41, 5.74) is 0. The molecule has 146 valence electrons. The Balaban J connectivity index is 0. The van der Waals surface area contributed by atoms with E-state index in [1.165, 1.54) is 70.6 Å². The molecule has 0 aromatic rings. The molecular weight excluding hydrogens is 304 g/mol. The number of hydroxylamine groups is 3. The molecule has 0 saturated carbocycles. The van der Waals surface area contributed by atoms with Crippen LogP contribution in [0.3, 0.4) is 0 Å². The van der Waals surface area contributed by atoms with Crippen molar-refractivity contribution in [2.45, 2.75) is 84.0 Å². The minimum atomic E-state index is -0.822. The van der Waals surface area contributed by atoms with Gasteiger partial charge in [-0.15, -0.1) is 0 Å². The Kier molecular flexibility index (Phi) is 19.9. The molecule has 0 aliphatic rings. The quantitative estimate of drug-likeness (QED) is 0.259. The topological polar surface area (TPSA) is 72.4 Å². The normalized spacial score (nSPS) is 11.0. The molecule has 2 N–H and O–H groups in total. The zero-order valence-electron chi connectivity index (χ0n) is 16.6. The molecule has 0 unspecified atom stereocenters. The molecule has 0 aliphatic heterocycles. The van der Waals surface area contributed by atoms with Crippen molar-refractivity contribution in [1.29, 1.82) is 0 Å². The van der Waals surface area contributed by atoms with Crippen molar-refractivity contribution < 1.29 is 14.5 Å². The number of carbonyl (C=O) groups is 1. The fourth-order valence-electron chi connectivity index (χ4n) is 2.48. The molecule has 0 aromatic heterocycles. The van der Waals surface area contributed by atoms with E-state index >= 15 is 0 Å². The van der Waals surface area contributed by atoms with Gasteiger partial charge < -0.3 is 20.3 Å². The highest BCUT2D eigenvalue weighted by atomic mass is 16.5. The van der Waals surface area contributed by atoms with Gasteiger partial charge in [-0.05, 0) is 19.9 Å². The second-order valence-electron chi connectivity index (χ2n) is 7.11. The maximum atomic E-state index is 11.3. The fraction of sp³-hybridized carbons (Fsp3) is 0.947. The van der Waals surface area contributed by atoms with Gasteiger partial charge in [0.1, 0.15) is 0 Å². The Bertz CT molecular complexity index is 266. The van der Waals surface area contributed by atoms with Crippen molar-refractivity contribution in [3.05, 3.63) is 5.21 Å². The lowest BCUT2D eigenvalue weighted by Gasteiger charge is -2.33. The second-order valence-corrected chi connectivity index (χ2v) is 7.11. The third-order valence-corrected chi connectivity index (χ3v) is 3.88. The lowest BCUT2D eigenvalue weighted by molar-refractivity contribution is -0.840. The molecule has 0 bridgehead atoms. The van der Waals surface area contributed by atoms with Gasteiger partial charge >= 0.3 is 5.97 Å². The monoisotopic (exact) mass is 346 g/mol. The van der Waals surface area contributed by atoms with Gasteiger partial charge in [-0.25, -0.2) is 0 Å². The molecule has 0 aliphatic carbocycles. The lowest BCUT2D eigenvalue weighted by atomic mass is 10.1. The first kappa shape index (κ1) is 25.6. The van der Waals surface area contributed by atoms with E-state index in [1.807, 2.05) is 0 Å². The van der Waals surface area contributed by atoms with Crippen molar-refractivity contribution in [1.82, 2.24) is 5.32 Å². The molecule has 0 atom stereocenters. The summed E-state index contributed by atoms with van der Waals surface area (Å²) in [5, 5.41) is 21.6. The summed E-state index contributed by atoms with van der Waals surface area (Å²) in [5.74, 6) is -0.822. The van der Waals surface area contributed by atoms with E-state index in [-0.39, 0.29) is 11.2 Å². The molecule has 0 saturated heterocycles. The van der Waals surface area contributed by atoms with E-state index < -0.39 is 5.97 Å². The number of hydrogen-bond acceptors (Lipinski definition) is 3. The number of nitrogens with zero attached hydrogens (tertiary/aromatic N) is 1. The second kappa shape index (κ2) is 18.7. The SMILES string of the molecule is CCCCCCCCCCCCCC[N+](C)(C)[O-].CNCC(=O)O. The molecular formula is C19H42N2O3. The molecule has 0 rings (SSSR count). The van der Waals surface area contributed by atoms with E-state index in [0.29, 0.717) is 0 Å². The highest BCUT2D eigenvalue weighted by Gasteiger charge is 2.00. The number of nitrogens with one attached hydrogen (secondary N) is 1. The van der Waals surface area contributed by atoms with E-state index in [1.54, 1.807) is 21.1 Å². The number of likely N-dealkylation sites (N-methyl/N-ethyl adjacent to an activating group) is 1. The van der Waals surface area contributed by atoms with Crippen molar-refractivity contribution in [2.24, 2.45) is 0 Å². The van der Waals surface area contributed by atoms with Gasteiger partial charge in [-0.1, -0.05) is 71.1 Å². The van der Waals surface area contributed by atoms with Crippen molar-refractivity contribution in [3.63, 3.8) is 0 Å². The molecule has 0 amide bonds. The van der Waals surface area contributed by atoms with E-state index in [0.717, 1.165) is 13.0 Å². The zero-order chi connectivity index (χ0) is 18.7. The Morgan fingerprint density at radius 1 is 0.875 bits per heavy atom. The molecule has 5 heteroatoms. The molecule has 5 nitrogen and oxygen atoms in total. The van der Waals surface area contributed by atoms with Crippen LogP contribution in [0.5, 0.6) is 0 Å². The third-order valence-electron chi connectivity index (χ3n) is 3.88. The van der Waals surface area contributed by atoms with Crippen molar-refractivity contribution >= 4 is 5.97 Å². The minimum Gasteiger partial charge on any atom is -0.633 e. The van der Waals surface area contributed by atoms with Crippen molar-refractivity contribution in [2.75, 3.05) is 34.2 Å². The summed E-state index contributed by atoms with van der Waals surface area (Å²) in [4.78, 5) is 9.54. The average molecular weight is 347 g/mol. The number of unbranched alkanes of at least 4 members (excludes halogenated alkanes) is 11. The van der Waals surface area contributed by atoms with Crippen molar-refractivity contribution in [3.8, 4) is 0 Å². The van der Waals surface area contributed by atoms with Gasteiger partial charge in [0.15, 0.2) is 0 Å². The number of hydrogen-bond donors (Lipinski definition) is 2. The predicted octanol–water partition coefficient (Wildman–Crippen LogP) is 4.55. The van der Waals surface area contributed by atoms with E-state index in [2.05, 4.69) is 12.2 Å². The maximum absolute atomic E-state index is 11.3. The average Bonchev–Trinajstić information content (AvgIpc) is 2.48. The van der Waals surface area contributed by atoms with Crippen LogP contribution < -0.4 is 5.32 Å². The summed E-state index contributed by atoms with van der Waals surface area (Å²) in [6.07, 6.45) is 16.3. The number of quaternary nitrogens is 1. The van der Waals surface area contributed by atoms with E-state index in [9.17, 15) is 10.0 Å². The van der Waals surface area contributed by atoms with Crippen LogP contribution in [0.1, 0.15) is 84.0 Å². The number of aliphatic carboxylic acids is 1. The Hall–Kier alpha value is -0.650. The van der Waals surface area contributed by atoms with Gasteiger partial charge in [0.2, 0.25) is 0 Å². The minimum absolute atomic E-state index is 0.0417. The Labute approximate surface area is 150 Å². The van der Waals surface area contributed by atoms with E-state index in [4.69, 9.17) is 5.11 Å². The molecule has 0 radical (unpaired) electrons. The molecule has 0 heterocycles. The zero-order valence-corrected chi connectivity index (χ0v) is 16.6. The number of rotatable bonds is 15. The third kappa shape index (κ3) is 29.4. The van der Waals surface area contributed by atoms with Gasteiger partial charge in [0.25, 0.3) is 0 Å². The Morgan fingerprint density at radius 2 is 1.25 bits per heavy atom. The summed E-state index contributed by atoms with van der Waals surface area (Å²) < 4.78 is -0.127. The van der Waals surface area contributed by atoms with Gasteiger partial charge in [0.05, 0.1) is 27.2 Å². The van der Waals surface area contributed by atoms with Crippen LogP contribution in [0, 0.1) is 5.21 Å². The Morgan fingerprint density at radius 3 is 1.50 bits per heavy atom. The van der Waals surface area contributed by atoms with Gasteiger partial charge in [-0.3, -0.25) is 4.79 Å².